The first-order valence-electron chi connectivity index (χ1n) is 7.15. The first-order valence-corrected chi connectivity index (χ1v) is 7.53. The molecular weight excluding hydrogens is 298 g/mol. The van der Waals surface area contributed by atoms with E-state index in [2.05, 4.69) is 10.3 Å². The highest BCUT2D eigenvalue weighted by atomic mass is 35.5. The molecule has 1 unspecified atom stereocenters. The smallest absolute Gasteiger partial charge is 0.263 e. The minimum atomic E-state index is -0.950. The van der Waals surface area contributed by atoms with Crippen LogP contribution < -0.4 is 11.1 Å². The maximum atomic E-state index is 11.9. The molecule has 4 nitrogen and oxygen atoms in total. The van der Waals surface area contributed by atoms with Crippen LogP contribution in [0.3, 0.4) is 0 Å². The highest BCUT2D eigenvalue weighted by Gasteiger charge is 2.23. The second kappa shape index (κ2) is 7.20. The van der Waals surface area contributed by atoms with Crippen LogP contribution in [0.5, 0.6) is 0 Å². The lowest BCUT2D eigenvalue weighted by atomic mass is 10.0. The Hall–Kier alpha value is -2.17. The van der Waals surface area contributed by atoms with Gasteiger partial charge in [0.15, 0.2) is 6.17 Å². The molecule has 0 aromatic heterocycles. The molecule has 3 N–H and O–H groups in total. The van der Waals surface area contributed by atoms with Gasteiger partial charge in [0.25, 0.3) is 5.91 Å². The van der Waals surface area contributed by atoms with Gasteiger partial charge in [-0.1, -0.05) is 61.8 Å². The van der Waals surface area contributed by atoms with E-state index in [9.17, 15) is 4.79 Å². The third-order valence-corrected chi connectivity index (χ3v) is 3.44. The van der Waals surface area contributed by atoms with E-state index in [1.165, 1.54) is 0 Å². The number of anilines is 1. The molecule has 0 saturated carbocycles. The zero-order valence-corrected chi connectivity index (χ0v) is 13.3. The summed E-state index contributed by atoms with van der Waals surface area (Å²) in [6.07, 6.45) is -0.950. The number of rotatable bonds is 1. The summed E-state index contributed by atoms with van der Waals surface area (Å²) in [5.74, 6) is -0.334. The van der Waals surface area contributed by atoms with E-state index in [4.69, 9.17) is 17.3 Å². The molecule has 0 spiro atoms. The quantitative estimate of drug-likeness (QED) is 0.846. The van der Waals surface area contributed by atoms with E-state index in [0.717, 1.165) is 11.1 Å². The molecule has 0 radical (unpaired) electrons. The largest absolute Gasteiger partial charge is 0.322 e. The van der Waals surface area contributed by atoms with Gasteiger partial charge in [-0.05, 0) is 12.1 Å². The molecule has 0 fully saturated rings. The number of halogens is 1. The molecule has 3 rings (SSSR count). The molecule has 1 aliphatic heterocycles. The third kappa shape index (κ3) is 3.18. The van der Waals surface area contributed by atoms with Crippen molar-refractivity contribution in [3.8, 4) is 0 Å². The predicted octanol–water partition coefficient (Wildman–Crippen LogP) is 3.44. The van der Waals surface area contributed by atoms with Crippen molar-refractivity contribution in [1.82, 2.24) is 0 Å². The summed E-state index contributed by atoms with van der Waals surface area (Å²) in [4.78, 5) is 16.2. The number of benzodiazepines with no additional fused rings is 1. The van der Waals surface area contributed by atoms with E-state index >= 15 is 0 Å². The summed E-state index contributed by atoms with van der Waals surface area (Å²) in [6, 6.07) is 14.8. The fourth-order valence-corrected chi connectivity index (χ4v) is 2.37. The number of amides is 1. The number of para-hydroxylation sites is 1. The van der Waals surface area contributed by atoms with E-state index < -0.39 is 6.17 Å². The van der Waals surface area contributed by atoms with Gasteiger partial charge in [-0.25, -0.2) is 0 Å². The molecule has 2 aromatic rings. The van der Waals surface area contributed by atoms with Gasteiger partial charge in [0.1, 0.15) is 0 Å². The van der Waals surface area contributed by atoms with Crippen LogP contribution in [0.4, 0.5) is 5.69 Å². The minimum Gasteiger partial charge on any atom is -0.322 e. The Balaban J connectivity index is 0.000000847. The Bertz CT molecular complexity index is 713. The summed E-state index contributed by atoms with van der Waals surface area (Å²) in [5.41, 5.74) is 8.66. The Labute approximate surface area is 135 Å². The molecule has 1 amide bonds. The van der Waals surface area contributed by atoms with Crippen LogP contribution in [0.2, 0.25) is 5.02 Å². The Morgan fingerprint density at radius 3 is 2.32 bits per heavy atom. The number of nitrogens with two attached hydrogens (primary N) is 1. The second-order valence-corrected chi connectivity index (χ2v) is 4.84. The number of hydrogen-bond donors (Lipinski definition) is 2. The van der Waals surface area contributed by atoms with Crippen molar-refractivity contribution in [3.05, 3.63) is 64.7 Å². The first-order chi connectivity index (χ1) is 10.7. The van der Waals surface area contributed by atoms with Crippen LogP contribution in [-0.4, -0.2) is 17.8 Å². The lowest BCUT2D eigenvalue weighted by Gasteiger charge is -2.10. The maximum absolute atomic E-state index is 11.9. The Morgan fingerprint density at radius 1 is 1.05 bits per heavy atom. The van der Waals surface area contributed by atoms with Gasteiger partial charge < -0.3 is 11.1 Å². The summed E-state index contributed by atoms with van der Waals surface area (Å²) >= 11 is 6.23. The van der Waals surface area contributed by atoms with E-state index in [1.807, 2.05) is 56.3 Å². The summed E-state index contributed by atoms with van der Waals surface area (Å²) in [5, 5.41) is 3.34. The number of carbonyl (C=O) groups is 1. The number of hydrogen-bond acceptors (Lipinski definition) is 3. The van der Waals surface area contributed by atoms with E-state index in [1.54, 1.807) is 6.07 Å². The van der Waals surface area contributed by atoms with Crippen molar-refractivity contribution < 1.29 is 4.79 Å². The van der Waals surface area contributed by atoms with Gasteiger partial charge in [0.05, 0.1) is 11.4 Å². The molecule has 2 aromatic carbocycles. The van der Waals surface area contributed by atoms with E-state index in [0.29, 0.717) is 16.4 Å². The predicted molar refractivity (Wildman–Crippen MR) is 91.5 cm³/mol. The molecule has 1 heterocycles. The minimum absolute atomic E-state index is 0.334. The van der Waals surface area contributed by atoms with Gasteiger partial charge in [-0.3, -0.25) is 9.79 Å². The monoisotopic (exact) mass is 315 g/mol. The zero-order chi connectivity index (χ0) is 16.1. The van der Waals surface area contributed by atoms with Gasteiger partial charge in [-0.15, -0.1) is 0 Å². The number of nitrogens with zero attached hydrogens (tertiary/aromatic N) is 1. The van der Waals surface area contributed by atoms with Crippen LogP contribution in [0.25, 0.3) is 0 Å². The maximum Gasteiger partial charge on any atom is 0.263 e. The van der Waals surface area contributed by atoms with Crippen molar-refractivity contribution in [1.29, 1.82) is 0 Å². The summed E-state index contributed by atoms with van der Waals surface area (Å²) < 4.78 is 0. The third-order valence-electron chi connectivity index (χ3n) is 3.11. The Kier molecular flexibility index (Phi) is 5.31. The fourth-order valence-electron chi connectivity index (χ4n) is 2.14. The van der Waals surface area contributed by atoms with Crippen LogP contribution in [-0.2, 0) is 4.79 Å². The first kappa shape index (κ1) is 16.2. The van der Waals surface area contributed by atoms with E-state index in [-0.39, 0.29) is 5.91 Å². The molecule has 0 aliphatic carbocycles. The highest BCUT2D eigenvalue weighted by molar-refractivity contribution is 6.36. The summed E-state index contributed by atoms with van der Waals surface area (Å²) in [6.45, 7) is 4.00. The summed E-state index contributed by atoms with van der Waals surface area (Å²) in [7, 11) is 0. The van der Waals surface area contributed by atoms with Crippen LogP contribution in [0, 0.1) is 0 Å². The van der Waals surface area contributed by atoms with Crippen molar-refractivity contribution in [2.24, 2.45) is 10.7 Å². The molecule has 0 bridgehead atoms. The van der Waals surface area contributed by atoms with Crippen molar-refractivity contribution >= 4 is 28.9 Å². The zero-order valence-electron chi connectivity index (χ0n) is 12.5. The topological polar surface area (TPSA) is 67.5 Å². The second-order valence-electron chi connectivity index (χ2n) is 4.44. The molecule has 1 atom stereocenters. The number of nitrogens with one attached hydrogen (secondary N) is 1. The van der Waals surface area contributed by atoms with Gasteiger partial charge in [0.2, 0.25) is 0 Å². The molecule has 1 aliphatic rings. The number of carbonyl (C=O) groups excluding carboxylic acids is 1. The number of benzene rings is 2. The molecule has 114 valence electrons. The number of aliphatic imine (C=N–C) groups is 1. The Morgan fingerprint density at radius 2 is 1.64 bits per heavy atom. The molecular formula is C17H18ClN3O. The van der Waals surface area contributed by atoms with Crippen LogP contribution in [0.15, 0.2) is 53.5 Å². The lowest BCUT2D eigenvalue weighted by Crippen LogP contribution is -2.33. The normalized spacial score (nSPS) is 16.5. The van der Waals surface area contributed by atoms with Gasteiger partial charge in [-0.2, -0.15) is 0 Å². The number of fused-ring (bicyclic) bond motifs is 1. The fraction of sp³-hybridized carbons (Fsp3) is 0.176. The van der Waals surface area contributed by atoms with Crippen molar-refractivity contribution in [2.45, 2.75) is 20.0 Å². The standard InChI is InChI=1S/C15H12ClN3O.C2H6/c16-11-7-3-1-5-9(11)13-10-6-2-4-8-12(10)18-15(20)14(17)19-13;1-2/h1-8,14H,17H2,(H,18,20);1-2H3. The average Bonchev–Trinajstić information content (AvgIpc) is 2.67. The highest BCUT2D eigenvalue weighted by Crippen LogP contribution is 2.26. The van der Waals surface area contributed by atoms with Crippen LogP contribution in [0.1, 0.15) is 25.0 Å². The average molecular weight is 316 g/mol. The molecule has 22 heavy (non-hydrogen) atoms. The van der Waals surface area contributed by atoms with Gasteiger partial charge in [0, 0.05) is 16.1 Å². The molecule has 0 saturated heterocycles. The van der Waals surface area contributed by atoms with Crippen molar-refractivity contribution in [2.75, 3.05) is 5.32 Å². The van der Waals surface area contributed by atoms with Crippen LogP contribution >= 0.6 is 11.6 Å². The van der Waals surface area contributed by atoms with Crippen molar-refractivity contribution in [3.63, 3.8) is 0 Å². The SMILES string of the molecule is CC.NC1N=C(c2ccccc2Cl)c2ccccc2NC1=O. The van der Waals surface area contributed by atoms with Gasteiger partial charge >= 0.3 is 0 Å². The molecule has 5 heteroatoms. The lowest BCUT2D eigenvalue weighted by molar-refractivity contribution is -0.117.